The van der Waals surface area contributed by atoms with Crippen LogP contribution in [0.25, 0.3) is 11.0 Å². The minimum atomic E-state index is -0.702. The number of carbonyl (C=O) groups excluding carboxylic acids is 2. The van der Waals surface area contributed by atoms with E-state index >= 15 is 0 Å². The van der Waals surface area contributed by atoms with Gasteiger partial charge in [-0.25, -0.2) is 4.79 Å². The normalized spacial score (nSPS) is 10.6. The fourth-order valence-electron chi connectivity index (χ4n) is 2.53. The topological polar surface area (TPSA) is 77.8 Å². The van der Waals surface area contributed by atoms with E-state index in [2.05, 4.69) is 5.32 Å². The molecule has 7 heteroatoms. The second-order valence-electron chi connectivity index (χ2n) is 5.52. The van der Waals surface area contributed by atoms with Crippen molar-refractivity contribution in [2.45, 2.75) is 6.92 Å². The Hall–Kier alpha value is -2.99. The standard InChI is InChI=1S/C19H16ClNO5/c1-11-13-5-3-4-6-15(13)26-18(11)19(23)25-10-17(22)21-14-9-12(20)7-8-16(14)24-2/h3-9H,10H2,1-2H3,(H,21,22). The van der Waals surface area contributed by atoms with Crippen LogP contribution in [0.4, 0.5) is 5.69 Å². The largest absolute Gasteiger partial charge is 0.495 e. The maximum absolute atomic E-state index is 12.2. The maximum atomic E-state index is 12.2. The number of methoxy groups -OCH3 is 1. The number of para-hydroxylation sites is 1. The van der Waals surface area contributed by atoms with Crippen LogP contribution >= 0.6 is 11.6 Å². The van der Waals surface area contributed by atoms with Gasteiger partial charge in [0.25, 0.3) is 5.91 Å². The van der Waals surface area contributed by atoms with Gasteiger partial charge in [-0.2, -0.15) is 0 Å². The molecule has 6 nitrogen and oxygen atoms in total. The van der Waals surface area contributed by atoms with Crippen molar-refractivity contribution >= 4 is 40.1 Å². The lowest BCUT2D eigenvalue weighted by Crippen LogP contribution is -2.21. The van der Waals surface area contributed by atoms with Crippen molar-refractivity contribution in [1.29, 1.82) is 0 Å². The Bertz CT molecular complexity index is 979. The number of aryl methyl sites for hydroxylation is 1. The van der Waals surface area contributed by atoms with Crippen molar-refractivity contribution in [1.82, 2.24) is 0 Å². The first-order chi connectivity index (χ1) is 12.5. The summed E-state index contributed by atoms with van der Waals surface area (Å²) in [6.45, 7) is 1.30. The molecule has 0 aliphatic heterocycles. The lowest BCUT2D eigenvalue weighted by atomic mass is 10.1. The zero-order chi connectivity index (χ0) is 18.7. The molecule has 26 heavy (non-hydrogen) atoms. The third-order valence-electron chi connectivity index (χ3n) is 3.80. The van der Waals surface area contributed by atoms with Gasteiger partial charge in [-0.15, -0.1) is 0 Å². The molecule has 134 valence electrons. The van der Waals surface area contributed by atoms with Crippen LogP contribution in [0.2, 0.25) is 5.02 Å². The van der Waals surface area contributed by atoms with E-state index in [4.69, 9.17) is 25.5 Å². The number of halogens is 1. The number of fused-ring (bicyclic) bond motifs is 1. The molecule has 1 N–H and O–H groups in total. The minimum Gasteiger partial charge on any atom is -0.495 e. The monoisotopic (exact) mass is 373 g/mol. The maximum Gasteiger partial charge on any atom is 0.375 e. The van der Waals surface area contributed by atoms with Gasteiger partial charge in [0.15, 0.2) is 6.61 Å². The van der Waals surface area contributed by atoms with Gasteiger partial charge in [0.1, 0.15) is 11.3 Å². The number of rotatable bonds is 5. The molecule has 0 spiro atoms. The minimum absolute atomic E-state index is 0.0827. The van der Waals surface area contributed by atoms with Crippen LogP contribution in [0.5, 0.6) is 5.75 Å². The van der Waals surface area contributed by atoms with Gasteiger partial charge in [0.05, 0.1) is 12.8 Å². The molecule has 0 radical (unpaired) electrons. The van der Waals surface area contributed by atoms with E-state index in [1.165, 1.54) is 7.11 Å². The number of nitrogens with one attached hydrogen (secondary N) is 1. The van der Waals surface area contributed by atoms with E-state index < -0.39 is 18.5 Å². The van der Waals surface area contributed by atoms with Crippen LogP contribution in [0.3, 0.4) is 0 Å². The van der Waals surface area contributed by atoms with Crippen molar-refractivity contribution in [2.75, 3.05) is 19.0 Å². The van der Waals surface area contributed by atoms with E-state index in [1.54, 1.807) is 31.2 Å². The van der Waals surface area contributed by atoms with Gasteiger partial charge < -0.3 is 19.2 Å². The summed E-state index contributed by atoms with van der Waals surface area (Å²) >= 11 is 5.92. The third kappa shape index (κ3) is 3.65. The van der Waals surface area contributed by atoms with Gasteiger partial charge in [-0.05, 0) is 31.2 Å². The Morgan fingerprint density at radius 1 is 1.19 bits per heavy atom. The summed E-state index contributed by atoms with van der Waals surface area (Å²) in [5.74, 6) is -0.693. The first kappa shape index (κ1) is 17.8. The average Bonchev–Trinajstić information content (AvgIpc) is 2.97. The Morgan fingerprint density at radius 2 is 1.96 bits per heavy atom. The predicted molar refractivity (Wildman–Crippen MR) is 97.9 cm³/mol. The van der Waals surface area contributed by atoms with Crippen LogP contribution < -0.4 is 10.1 Å². The summed E-state index contributed by atoms with van der Waals surface area (Å²) in [5.41, 5.74) is 1.65. The summed E-state index contributed by atoms with van der Waals surface area (Å²) in [5, 5.41) is 3.86. The molecule has 0 atom stereocenters. The predicted octanol–water partition coefficient (Wildman–Crippen LogP) is 4.20. The van der Waals surface area contributed by atoms with Gasteiger partial charge >= 0.3 is 5.97 Å². The van der Waals surface area contributed by atoms with Crippen LogP contribution in [0.15, 0.2) is 46.9 Å². The van der Waals surface area contributed by atoms with Crippen LogP contribution in [0.1, 0.15) is 16.1 Å². The Morgan fingerprint density at radius 3 is 2.69 bits per heavy atom. The van der Waals surface area contributed by atoms with Crippen LogP contribution in [-0.2, 0) is 9.53 Å². The molecule has 1 amide bonds. The third-order valence-corrected chi connectivity index (χ3v) is 4.03. The van der Waals surface area contributed by atoms with E-state index in [1.807, 2.05) is 18.2 Å². The zero-order valence-corrected chi connectivity index (χ0v) is 14.9. The van der Waals surface area contributed by atoms with Crippen molar-refractivity contribution in [3.8, 4) is 5.75 Å². The summed E-state index contributed by atoms with van der Waals surface area (Å²) in [7, 11) is 1.48. The molecular weight excluding hydrogens is 358 g/mol. The highest BCUT2D eigenvalue weighted by molar-refractivity contribution is 6.31. The van der Waals surface area contributed by atoms with E-state index in [9.17, 15) is 9.59 Å². The molecule has 0 aliphatic carbocycles. The van der Waals surface area contributed by atoms with E-state index in [-0.39, 0.29) is 5.76 Å². The summed E-state index contributed by atoms with van der Waals surface area (Å²) in [4.78, 5) is 24.3. The lowest BCUT2D eigenvalue weighted by molar-refractivity contribution is -0.119. The highest BCUT2D eigenvalue weighted by atomic mass is 35.5. The van der Waals surface area contributed by atoms with Gasteiger partial charge in [-0.3, -0.25) is 4.79 Å². The first-order valence-corrected chi connectivity index (χ1v) is 8.16. The molecule has 0 saturated heterocycles. The number of furan rings is 1. The molecule has 0 fully saturated rings. The molecule has 0 saturated carbocycles. The number of amides is 1. The SMILES string of the molecule is COc1ccc(Cl)cc1NC(=O)COC(=O)c1oc2ccccc2c1C. The Labute approximate surface area is 154 Å². The van der Waals surface area contributed by atoms with Crippen molar-refractivity contribution < 1.29 is 23.5 Å². The second kappa shape index (κ2) is 7.49. The molecule has 3 aromatic rings. The zero-order valence-electron chi connectivity index (χ0n) is 14.2. The molecular formula is C19H16ClNO5. The first-order valence-electron chi connectivity index (χ1n) is 7.78. The van der Waals surface area contributed by atoms with Gasteiger partial charge in [-0.1, -0.05) is 29.8 Å². The number of benzene rings is 2. The van der Waals surface area contributed by atoms with Crippen molar-refractivity contribution in [3.63, 3.8) is 0 Å². The number of hydrogen-bond acceptors (Lipinski definition) is 5. The van der Waals surface area contributed by atoms with Crippen LogP contribution in [-0.4, -0.2) is 25.6 Å². The fraction of sp³-hybridized carbons (Fsp3) is 0.158. The number of hydrogen-bond donors (Lipinski definition) is 1. The van der Waals surface area contributed by atoms with E-state index in [0.717, 1.165) is 5.39 Å². The number of esters is 1. The quantitative estimate of drug-likeness (QED) is 0.678. The molecule has 1 heterocycles. The molecule has 0 unspecified atom stereocenters. The van der Waals surface area contributed by atoms with Gasteiger partial charge in [0, 0.05) is 16.0 Å². The Balaban J connectivity index is 1.66. The van der Waals surface area contributed by atoms with Crippen LogP contribution in [0, 0.1) is 6.92 Å². The highest BCUT2D eigenvalue weighted by Gasteiger charge is 2.20. The summed E-state index contributed by atoms with van der Waals surface area (Å²) < 4.78 is 15.7. The lowest BCUT2D eigenvalue weighted by Gasteiger charge is -2.10. The highest BCUT2D eigenvalue weighted by Crippen LogP contribution is 2.28. The average molecular weight is 374 g/mol. The molecule has 3 rings (SSSR count). The smallest absolute Gasteiger partial charge is 0.375 e. The molecule has 0 aliphatic rings. The summed E-state index contributed by atoms with van der Waals surface area (Å²) in [6, 6.07) is 12.1. The second-order valence-corrected chi connectivity index (χ2v) is 5.96. The van der Waals surface area contributed by atoms with Crippen molar-refractivity contribution in [3.05, 3.63) is 58.8 Å². The van der Waals surface area contributed by atoms with Gasteiger partial charge in [0.2, 0.25) is 5.76 Å². The Kier molecular flexibility index (Phi) is 5.14. The number of anilines is 1. The molecule has 1 aromatic heterocycles. The molecule has 0 bridgehead atoms. The molecule has 2 aromatic carbocycles. The van der Waals surface area contributed by atoms with Crippen molar-refractivity contribution in [2.24, 2.45) is 0 Å². The number of carbonyl (C=O) groups is 2. The summed E-state index contributed by atoms with van der Waals surface area (Å²) in [6.07, 6.45) is 0. The number of ether oxygens (including phenoxy) is 2. The fourth-order valence-corrected chi connectivity index (χ4v) is 2.70. The van der Waals surface area contributed by atoms with E-state index in [0.29, 0.717) is 27.6 Å².